The average Bonchev–Trinajstić information content (AvgIpc) is 3.18. The Labute approximate surface area is 169 Å². The van der Waals surface area contributed by atoms with Crippen molar-refractivity contribution in [1.29, 1.82) is 0 Å². The van der Waals surface area contributed by atoms with Gasteiger partial charge in [-0.2, -0.15) is 0 Å². The van der Waals surface area contributed by atoms with Gasteiger partial charge in [-0.1, -0.05) is 42.5 Å². The minimum Gasteiger partial charge on any atom is -0.487 e. The lowest BCUT2D eigenvalue weighted by Crippen LogP contribution is -2.34. The number of hydrogen-bond acceptors (Lipinski definition) is 4. The van der Waals surface area contributed by atoms with Crippen molar-refractivity contribution in [1.82, 2.24) is 9.88 Å². The van der Waals surface area contributed by atoms with E-state index in [0.717, 1.165) is 23.7 Å². The van der Waals surface area contributed by atoms with Gasteiger partial charge in [0.25, 0.3) is 5.91 Å². The van der Waals surface area contributed by atoms with Crippen molar-refractivity contribution in [2.75, 3.05) is 13.1 Å². The summed E-state index contributed by atoms with van der Waals surface area (Å²) >= 11 is 1.61. The molecule has 1 aromatic heterocycles. The molecule has 0 aliphatic carbocycles. The van der Waals surface area contributed by atoms with Crippen molar-refractivity contribution >= 4 is 22.8 Å². The number of amides is 1. The third-order valence-electron chi connectivity index (χ3n) is 4.78. The summed E-state index contributed by atoms with van der Waals surface area (Å²) in [6.07, 6.45) is 3.02. The Hall–Kier alpha value is -2.92. The summed E-state index contributed by atoms with van der Waals surface area (Å²) in [5, 5.41) is 3.02. The fourth-order valence-electron chi connectivity index (χ4n) is 3.30. The van der Waals surface area contributed by atoms with Gasteiger partial charge in [0.05, 0.1) is 10.7 Å². The molecule has 2 heterocycles. The first-order chi connectivity index (χ1) is 13.7. The second-order valence-corrected chi connectivity index (χ2v) is 7.83. The summed E-state index contributed by atoms with van der Waals surface area (Å²) in [5.41, 5.74) is 4.11. The van der Waals surface area contributed by atoms with Crippen molar-refractivity contribution in [3.05, 3.63) is 87.9 Å². The molecule has 1 aliphatic heterocycles. The standard InChI is InChI=1S/C23H22N2O2S/c1-17-24-21(16-28-17)15-27-22-9-5-8-20(14-22)23(26)25-12-10-19(11-13-25)18-6-3-2-4-7-18/h2-10,14,16H,11-13,15H2,1H3. The molecule has 4 rings (SSSR count). The van der Waals surface area contributed by atoms with Crippen LogP contribution in [0.5, 0.6) is 5.75 Å². The van der Waals surface area contributed by atoms with E-state index in [9.17, 15) is 4.79 Å². The van der Waals surface area contributed by atoms with Crippen LogP contribution in [0.4, 0.5) is 0 Å². The smallest absolute Gasteiger partial charge is 0.254 e. The monoisotopic (exact) mass is 390 g/mol. The minimum atomic E-state index is 0.0401. The number of aryl methyl sites for hydroxylation is 1. The molecular weight excluding hydrogens is 368 g/mol. The van der Waals surface area contributed by atoms with E-state index in [1.807, 2.05) is 59.7 Å². The summed E-state index contributed by atoms with van der Waals surface area (Å²) in [5.74, 6) is 0.729. The van der Waals surface area contributed by atoms with Gasteiger partial charge in [0.1, 0.15) is 12.4 Å². The molecule has 2 aromatic carbocycles. The van der Waals surface area contributed by atoms with Crippen molar-refractivity contribution < 1.29 is 9.53 Å². The largest absolute Gasteiger partial charge is 0.487 e. The number of aromatic nitrogens is 1. The van der Waals surface area contributed by atoms with E-state index in [2.05, 4.69) is 23.2 Å². The van der Waals surface area contributed by atoms with Gasteiger partial charge < -0.3 is 9.64 Å². The fraction of sp³-hybridized carbons (Fsp3) is 0.217. The molecule has 0 saturated carbocycles. The normalized spacial score (nSPS) is 13.9. The third-order valence-corrected chi connectivity index (χ3v) is 5.60. The van der Waals surface area contributed by atoms with Crippen LogP contribution in [-0.4, -0.2) is 28.9 Å². The predicted octanol–water partition coefficient (Wildman–Crippen LogP) is 4.96. The molecule has 142 valence electrons. The van der Waals surface area contributed by atoms with Crippen molar-refractivity contribution in [3.8, 4) is 5.75 Å². The zero-order valence-corrected chi connectivity index (χ0v) is 16.6. The molecular formula is C23H22N2O2S. The van der Waals surface area contributed by atoms with E-state index in [1.54, 1.807) is 11.3 Å². The van der Waals surface area contributed by atoms with E-state index < -0.39 is 0 Å². The number of thiazole rings is 1. The van der Waals surface area contributed by atoms with Crippen LogP contribution in [0, 0.1) is 6.92 Å². The summed E-state index contributed by atoms with van der Waals surface area (Å²) in [6, 6.07) is 17.8. The molecule has 0 spiro atoms. The van der Waals surface area contributed by atoms with Crippen molar-refractivity contribution in [2.24, 2.45) is 0 Å². The van der Waals surface area contributed by atoms with E-state index in [0.29, 0.717) is 24.5 Å². The maximum absolute atomic E-state index is 12.9. The highest BCUT2D eigenvalue weighted by molar-refractivity contribution is 7.09. The highest BCUT2D eigenvalue weighted by Gasteiger charge is 2.19. The van der Waals surface area contributed by atoms with Crippen LogP contribution in [0.25, 0.3) is 5.57 Å². The molecule has 0 saturated heterocycles. The number of carbonyl (C=O) groups is 1. The van der Waals surface area contributed by atoms with Crippen LogP contribution < -0.4 is 4.74 Å². The molecule has 28 heavy (non-hydrogen) atoms. The number of carbonyl (C=O) groups excluding carboxylic acids is 1. The Bertz CT molecular complexity index is 995. The molecule has 0 atom stereocenters. The van der Waals surface area contributed by atoms with Crippen LogP contribution in [0.1, 0.15) is 33.0 Å². The van der Waals surface area contributed by atoms with E-state index in [1.165, 1.54) is 11.1 Å². The first kappa shape index (κ1) is 18.4. The molecule has 0 fully saturated rings. The van der Waals surface area contributed by atoms with Gasteiger partial charge in [0.2, 0.25) is 0 Å². The van der Waals surface area contributed by atoms with Crippen LogP contribution in [0.3, 0.4) is 0 Å². The van der Waals surface area contributed by atoms with Crippen LogP contribution >= 0.6 is 11.3 Å². The second kappa shape index (κ2) is 8.40. The van der Waals surface area contributed by atoms with Gasteiger partial charge in [0.15, 0.2) is 0 Å². The number of ether oxygens (including phenoxy) is 1. The van der Waals surface area contributed by atoms with Gasteiger partial charge in [0, 0.05) is 24.0 Å². The molecule has 4 nitrogen and oxygen atoms in total. The summed E-state index contributed by atoms with van der Waals surface area (Å²) in [6.45, 7) is 3.74. The van der Waals surface area contributed by atoms with Gasteiger partial charge in [-0.3, -0.25) is 4.79 Å². The summed E-state index contributed by atoms with van der Waals surface area (Å²) < 4.78 is 5.82. The molecule has 0 unspecified atom stereocenters. The molecule has 0 bridgehead atoms. The topological polar surface area (TPSA) is 42.4 Å². The molecule has 1 amide bonds. The Morgan fingerprint density at radius 1 is 1.18 bits per heavy atom. The quantitative estimate of drug-likeness (QED) is 0.618. The van der Waals surface area contributed by atoms with Crippen LogP contribution in [0.15, 0.2) is 66.1 Å². The Morgan fingerprint density at radius 2 is 2.04 bits per heavy atom. The lowest BCUT2D eigenvalue weighted by molar-refractivity contribution is 0.0772. The molecule has 3 aromatic rings. The lowest BCUT2D eigenvalue weighted by Gasteiger charge is -2.27. The number of rotatable bonds is 5. The fourth-order valence-corrected chi connectivity index (χ4v) is 3.90. The maximum Gasteiger partial charge on any atom is 0.254 e. The Balaban J connectivity index is 1.40. The van der Waals surface area contributed by atoms with E-state index in [-0.39, 0.29) is 5.91 Å². The van der Waals surface area contributed by atoms with Gasteiger partial charge in [-0.25, -0.2) is 4.98 Å². The molecule has 0 N–H and O–H groups in total. The average molecular weight is 391 g/mol. The minimum absolute atomic E-state index is 0.0401. The second-order valence-electron chi connectivity index (χ2n) is 6.77. The molecule has 5 heteroatoms. The number of benzene rings is 2. The maximum atomic E-state index is 12.9. The van der Waals surface area contributed by atoms with Crippen molar-refractivity contribution in [2.45, 2.75) is 20.0 Å². The highest BCUT2D eigenvalue weighted by Crippen LogP contribution is 2.24. The third kappa shape index (κ3) is 4.31. The van der Waals surface area contributed by atoms with E-state index in [4.69, 9.17) is 4.74 Å². The van der Waals surface area contributed by atoms with Gasteiger partial charge in [-0.05, 0) is 42.7 Å². The zero-order valence-electron chi connectivity index (χ0n) is 15.8. The van der Waals surface area contributed by atoms with E-state index >= 15 is 0 Å². The SMILES string of the molecule is Cc1nc(COc2cccc(C(=O)N3CC=C(c4ccccc4)CC3)c2)cs1. The number of hydrogen-bond donors (Lipinski definition) is 0. The molecule has 1 aliphatic rings. The highest BCUT2D eigenvalue weighted by atomic mass is 32.1. The van der Waals surface area contributed by atoms with Gasteiger partial charge in [-0.15, -0.1) is 11.3 Å². The first-order valence-electron chi connectivity index (χ1n) is 9.36. The van der Waals surface area contributed by atoms with Crippen molar-refractivity contribution in [3.63, 3.8) is 0 Å². The van der Waals surface area contributed by atoms with Crippen LogP contribution in [0.2, 0.25) is 0 Å². The number of nitrogens with zero attached hydrogens (tertiary/aromatic N) is 2. The molecule has 0 radical (unpaired) electrons. The Morgan fingerprint density at radius 3 is 2.75 bits per heavy atom. The summed E-state index contributed by atoms with van der Waals surface area (Å²) in [7, 11) is 0. The predicted molar refractivity (Wildman–Crippen MR) is 113 cm³/mol. The van der Waals surface area contributed by atoms with Gasteiger partial charge >= 0.3 is 0 Å². The first-order valence-corrected chi connectivity index (χ1v) is 10.2. The zero-order chi connectivity index (χ0) is 19.3. The Kier molecular flexibility index (Phi) is 5.53. The summed E-state index contributed by atoms with van der Waals surface area (Å²) in [4.78, 5) is 19.2. The van der Waals surface area contributed by atoms with Crippen LogP contribution in [-0.2, 0) is 6.61 Å². The lowest BCUT2D eigenvalue weighted by atomic mass is 9.99.